The van der Waals surface area contributed by atoms with Gasteiger partial charge in [0.2, 0.25) is 0 Å². The van der Waals surface area contributed by atoms with Crippen molar-refractivity contribution in [2.45, 2.75) is 0 Å². The van der Waals surface area contributed by atoms with E-state index in [0.717, 1.165) is 15.9 Å². The van der Waals surface area contributed by atoms with Crippen LogP contribution in [0.4, 0.5) is 0 Å². The third-order valence-corrected chi connectivity index (χ3v) is 2.65. The molecule has 0 saturated heterocycles. The maximum absolute atomic E-state index is 11.2. The Hall–Kier alpha value is -2.09. The van der Waals surface area contributed by atoms with Crippen LogP contribution in [-0.2, 0) is 0 Å². The number of rotatable bonds is 2. The summed E-state index contributed by atoms with van der Waals surface area (Å²) in [6.07, 6.45) is 0. The van der Waals surface area contributed by atoms with Crippen LogP contribution in [0.25, 0.3) is 5.69 Å². The molecule has 0 spiro atoms. The van der Waals surface area contributed by atoms with E-state index in [2.05, 4.69) is 10.2 Å². The highest BCUT2D eigenvalue weighted by molar-refractivity contribution is 7.12. The highest BCUT2D eigenvalue weighted by atomic mass is 32.1. The molecule has 0 aliphatic heterocycles. The van der Waals surface area contributed by atoms with Crippen LogP contribution in [0.2, 0.25) is 0 Å². The number of carbonyl (C=O) groups is 1. The molecule has 2 aromatic heterocycles. The lowest BCUT2D eigenvalue weighted by atomic mass is 10.4. The summed E-state index contributed by atoms with van der Waals surface area (Å²) in [5.74, 6) is -1.17. The molecule has 0 radical (unpaired) electrons. The molecule has 7 nitrogen and oxygen atoms in total. The Labute approximate surface area is 85.6 Å². The summed E-state index contributed by atoms with van der Waals surface area (Å²) in [4.78, 5) is 33.1. The third-order valence-electron chi connectivity index (χ3n) is 1.76. The van der Waals surface area contributed by atoms with Gasteiger partial charge in [0, 0.05) is 0 Å². The predicted molar refractivity (Wildman–Crippen MR) is 51.8 cm³/mol. The SMILES string of the molecule is O=C(O)c1sccc1-n1c(=O)[nH][nH]c1=O. The normalized spacial score (nSPS) is 10.4. The molecule has 3 N–H and O–H groups in total. The molecule has 15 heavy (non-hydrogen) atoms. The zero-order valence-electron chi connectivity index (χ0n) is 7.18. The Balaban J connectivity index is 2.75. The maximum atomic E-state index is 11.2. The molecule has 0 saturated carbocycles. The van der Waals surface area contributed by atoms with Gasteiger partial charge in [-0.15, -0.1) is 11.3 Å². The van der Waals surface area contributed by atoms with Gasteiger partial charge in [-0.2, -0.15) is 0 Å². The number of aromatic nitrogens is 3. The largest absolute Gasteiger partial charge is 0.477 e. The summed E-state index contributed by atoms with van der Waals surface area (Å²) >= 11 is 0.947. The summed E-state index contributed by atoms with van der Waals surface area (Å²) in [6, 6.07) is 1.40. The lowest BCUT2D eigenvalue weighted by molar-refractivity contribution is 0.0702. The van der Waals surface area contributed by atoms with Crippen molar-refractivity contribution in [2.24, 2.45) is 0 Å². The molecular weight excluding hydrogens is 222 g/mol. The Morgan fingerprint density at radius 1 is 1.33 bits per heavy atom. The number of hydrogen-bond acceptors (Lipinski definition) is 4. The van der Waals surface area contributed by atoms with Gasteiger partial charge < -0.3 is 5.11 Å². The van der Waals surface area contributed by atoms with Crippen molar-refractivity contribution < 1.29 is 9.90 Å². The second-order valence-electron chi connectivity index (χ2n) is 2.64. The number of thiophene rings is 1. The zero-order chi connectivity index (χ0) is 11.0. The van der Waals surface area contributed by atoms with Crippen LogP contribution in [0.3, 0.4) is 0 Å². The van der Waals surface area contributed by atoms with E-state index in [4.69, 9.17) is 5.11 Å². The average molecular weight is 227 g/mol. The van der Waals surface area contributed by atoms with Crippen LogP contribution in [0, 0.1) is 0 Å². The quantitative estimate of drug-likeness (QED) is 0.649. The lowest BCUT2D eigenvalue weighted by Gasteiger charge is -1.96. The summed E-state index contributed by atoms with van der Waals surface area (Å²) < 4.78 is 0.736. The average Bonchev–Trinajstić information content (AvgIpc) is 2.73. The van der Waals surface area contributed by atoms with Gasteiger partial charge in [0.05, 0.1) is 5.69 Å². The fourth-order valence-electron chi connectivity index (χ4n) is 1.17. The van der Waals surface area contributed by atoms with E-state index >= 15 is 0 Å². The fourth-order valence-corrected chi connectivity index (χ4v) is 1.88. The third kappa shape index (κ3) is 1.40. The van der Waals surface area contributed by atoms with Crippen molar-refractivity contribution in [3.63, 3.8) is 0 Å². The van der Waals surface area contributed by atoms with Crippen LogP contribution < -0.4 is 11.4 Å². The summed E-state index contributed by atoms with van der Waals surface area (Å²) in [6.45, 7) is 0. The van der Waals surface area contributed by atoms with Crippen molar-refractivity contribution >= 4 is 17.3 Å². The standard InChI is InChI=1S/C7H5N3O4S/c11-5(12)4-3(1-2-15-4)10-6(13)8-9-7(10)14/h1-2H,(H,8,13)(H,9,14)(H,11,12). The smallest absolute Gasteiger partial charge is 0.349 e. The van der Waals surface area contributed by atoms with Gasteiger partial charge in [-0.3, -0.25) is 0 Å². The molecule has 0 fully saturated rings. The minimum absolute atomic E-state index is 0.0535. The fraction of sp³-hybridized carbons (Fsp3) is 0. The van der Waals surface area contributed by atoms with Gasteiger partial charge in [0.15, 0.2) is 0 Å². The zero-order valence-corrected chi connectivity index (χ0v) is 8.00. The molecular formula is C7H5N3O4S. The van der Waals surface area contributed by atoms with E-state index in [9.17, 15) is 14.4 Å². The van der Waals surface area contributed by atoms with E-state index in [1.54, 1.807) is 0 Å². The Bertz CT molecular complexity index is 589. The van der Waals surface area contributed by atoms with Gasteiger partial charge in [-0.1, -0.05) is 0 Å². The van der Waals surface area contributed by atoms with Crippen molar-refractivity contribution in [3.05, 3.63) is 37.3 Å². The molecule has 0 atom stereocenters. The molecule has 0 bridgehead atoms. The Morgan fingerprint density at radius 2 is 1.93 bits per heavy atom. The summed E-state index contributed by atoms with van der Waals surface area (Å²) in [7, 11) is 0. The molecule has 0 unspecified atom stereocenters. The van der Waals surface area contributed by atoms with E-state index in [1.165, 1.54) is 11.4 Å². The molecule has 2 rings (SSSR count). The van der Waals surface area contributed by atoms with Crippen molar-refractivity contribution in [2.75, 3.05) is 0 Å². The van der Waals surface area contributed by atoms with Crippen LogP contribution in [0.15, 0.2) is 21.0 Å². The summed E-state index contributed by atoms with van der Waals surface area (Å²) in [5.41, 5.74) is -1.32. The van der Waals surface area contributed by atoms with Gasteiger partial charge in [-0.05, 0) is 11.4 Å². The van der Waals surface area contributed by atoms with Gasteiger partial charge in [0.25, 0.3) is 0 Å². The van der Waals surface area contributed by atoms with Crippen LogP contribution in [0.1, 0.15) is 9.67 Å². The lowest BCUT2D eigenvalue weighted by Crippen LogP contribution is -2.25. The number of aromatic amines is 2. The number of hydrogen-bond donors (Lipinski definition) is 3. The van der Waals surface area contributed by atoms with Crippen LogP contribution >= 0.6 is 11.3 Å². The van der Waals surface area contributed by atoms with E-state index < -0.39 is 17.3 Å². The maximum Gasteiger partial charge on any atom is 0.349 e. The second kappa shape index (κ2) is 3.24. The van der Waals surface area contributed by atoms with Crippen LogP contribution in [-0.4, -0.2) is 25.8 Å². The first-order valence-corrected chi connectivity index (χ1v) is 4.70. The number of aromatic carboxylic acids is 1. The second-order valence-corrected chi connectivity index (χ2v) is 3.55. The van der Waals surface area contributed by atoms with Gasteiger partial charge in [-0.25, -0.2) is 29.1 Å². The molecule has 2 aromatic rings. The highest BCUT2D eigenvalue weighted by Gasteiger charge is 2.16. The van der Waals surface area contributed by atoms with Crippen molar-refractivity contribution in [1.29, 1.82) is 0 Å². The molecule has 78 valence electrons. The van der Waals surface area contributed by atoms with Crippen LogP contribution in [0.5, 0.6) is 0 Å². The number of H-pyrrole nitrogens is 2. The number of carboxylic acid groups (broad SMARTS) is 1. The summed E-state index contributed by atoms with van der Waals surface area (Å²) in [5, 5.41) is 14.5. The molecule has 0 aliphatic carbocycles. The molecule has 0 aliphatic rings. The first-order valence-electron chi connectivity index (χ1n) is 3.82. The minimum atomic E-state index is -1.17. The molecule has 2 heterocycles. The van der Waals surface area contributed by atoms with Crippen molar-refractivity contribution in [1.82, 2.24) is 14.8 Å². The first-order chi connectivity index (χ1) is 7.11. The monoisotopic (exact) mass is 227 g/mol. The predicted octanol–water partition coefficient (Wildman–Crippen LogP) is -0.386. The molecule has 0 aromatic carbocycles. The van der Waals surface area contributed by atoms with Gasteiger partial charge >= 0.3 is 17.3 Å². The Kier molecular flexibility index (Phi) is 2.05. The topological polar surface area (TPSA) is 108 Å². The molecule has 8 heteroatoms. The Morgan fingerprint density at radius 3 is 2.47 bits per heavy atom. The first kappa shape index (κ1) is 9.46. The van der Waals surface area contributed by atoms with E-state index in [-0.39, 0.29) is 10.6 Å². The number of carboxylic acids is 1. The number of nitrogens with zero attached hydrogens (tertiary/aromatic N) is 1. The van der Waals surface area contributed by atoms with E-state index in [0.29, 0.717) is 0 Å². The van der Waals surface area contributed by atoms with Gasteiger partial charge in [0.1, 0.15) is 4.88 Å². The van der Waals surface area contributed by atoms with Crippen molar-refractivity contribution in [3.8, 4) is 5.69 Å². The van der Waals surface area contributed by atoms with E-state index in [1.807, 2.05) is 0 Å². The molecule has 0 amide bonds. The minimum Gasteiger partial charge on any atom is -0.477 e. The number of nitrogens with one attached hydrogen (secondary N) is 2. The highest BCUT2D eigenvalue weighted by Crippen LogP contribution is 2.18.